The first-order valence-corrected chi connectivity index (χ1v) is 10.0. The maximum absolute atomic E-state index is 12.7. The zero-order valence-electron chi connectivity index (χ0n) is 14.6. The van der Waals surface area contributed by atoms with Crippen LogP contribution in [0.4, 0.5) is 5.13 Å². The number of amides is 1. The lowest BCUT2D eigenvalue weighted by atomic mass is 9.79. The second-order valence-corrected chi connectivity index (χ2v) is 8.16. The molecule has 0 aliphatic heterocycles. The molecule has 2 aromatic rings. The highest BCUT2D eigenvalue weighted by atomic mass is 32.1. The molecule has 1 amide bonds. The predicted molar refractivity (Wildman–Crippen MR) is 101 cm³/mol. The van der Waals surface area contributed by atoms with Crippen molar-refractivity contribution < 1.29 is 14.7 Å². The van der Waals surface area contributed by atoms with Gasteiger partial charge in [-0.3, -0.25) is 9.59 Å². The van der Waals surface area contributed by atoms with E-state index in [4.69, 9.17) is 0 Å². The zero-order valence-corrected chi connectivity index (χ0v) is 15.5. The first-order chi connectivity index (χ1) is 12.6. The fourth-order valence-corrected chi connectivity index (χ4v) is 5.31. The summed E-state index contributed by atoms with van der Waals surface area (Å²) in [6, 6.07) is 8.24. The van der Waals surface area contributed by atoms with Gasteiger partial charge >= 0.3 is 5.97 Å². The molecule has 5 nitrogen and oxygen atoms in total. The summed E-state index contributed by atoms with van der Waals surface area (Å²) in [5.74, 6) is -1.66. The molecule has 6 heteroatoms. The second-order valence-electron chi connectivity index (χ2n) is 7.30. The molecular formula is C20H22N2O3S. The molecule has 136 valence electrons. The number of carboxylic acid groups (broad SMARTS) is 1. The minimum Gasteiger partial charge on any atom is -0.481 e. The molecule has 0 radical (unpaired) electrons. The Kier molecular flexibility index (Phi) is 4.53. The van der Waals surface area contributed by atoms with Crippen molar-refractivity contribution in [3.8, 4) is 11.3 Å². The smallest absolute Gasteiger partial charge is 0.307 e. The number of rotatable bonds is 5. The summed E-state index contributed by atoms with van der Waals surface area (Å²) in [5, 5.41) is 14.9. The number of aromatic nitrogens is 1. The summed E-state index contributed by atoms with van der Waals surface area (Å²) in [5.41, 5.74) is 3.12. The molecule has 0 saturated heterocycles. The number of fused-ring (bicyclic) bond motifs is 2. The molecule has 2 N–H and O–H groups in total. The highest BCUT2D eigenvalue weighted by Gasteiger charge is 2.54. The largest absolute Gasteiger partial charge is 0.481 e. The van der Waals surface area contributed by atoms with Crippen LogP contribution in [-0.4, -0.2) is 22.0 Å². The van der Waals surface area contributed by atoms with Gasteiger partial charge in [0.25, 0.3) is 0 Å². The van der Waals surface area contributed by atoms with Gasteiger partial charge in [0, 0.05) is 10.9 Å². The Balaban J connectivity index is 1.48. The van der Waals surface area contributed by atoms with Crippen LogP contribution in [-0.2, 0) is 16.0 Å². The molecule has 1 heterocycles. The summed E-state index contributed by atoms with van der Waals surface area (Å²) in [6.07, 6.45) is 3.74. The van der Waals surface area contributed by atoms with Gasteiger partial charge in [-0.15, -0.1) is 11.3 Å². The van der Waals surface area contributed by atoms with E-state index in [-0.39, 0.29) is 17.7 Å². The van der Waals surface area contributed by atoms with E-state index < -0.39 is 17.8 Å². The second kappa shape index (κ2) is 6.83. The van der Waals surface area contributed by atoms with E-state index in [2.05, 4.69) is 29.4 Å². The molecule has 2 aliphatic carbocycles. The van der Waals surface area contributed by atoms with Crippen LogP contribution in [0.2, 0.25) is 0 Å². The van der Waals surface area contributed by atoms with Crippen LogP contribution >= 0.6 is 11.3 Å². The number of carboxylic acids is 1. The highest BCUT2D eigenvalue weighted by Crippen LogP contribution is 2.52. The lowest BCUT2D eigenvalue weighted by Crippen LogP contribution is -2.37. The van der Waals surface area contributed by atoms with Gasteiger partial charge in [-0.2, -0.15) is 0 Å². The Morgan fingerprint density at radius 2 is 1.88 bits per heavy atom. The van der Waals surface area contributed by atoms with Crippen molar-refractivity contribution in [3.63, 3.8) is 0 Å². The number of nitrogens with zero attached hydrogens (tertiary/aromatic N) is 1. The van der Waals surface area contributed by atoms with Crippen LogP contribution in [0.25, 0.3) is 11.3 Å². The van der Waals surface area contributed by atoms with Crippen molar-refractivity contribution in [1.29, 1.82) is 0 Å². The topological polar surface area (TPSA) is 79.3 Å². The van der Waals surface area contributed by atoms with Gasteiger partial charge in [-0.25, -0.2) is 4.98 Å². The third kappa shape index (κ3) is 3.03. The van der Waals surface area contributed by atoms with Crippen LogP contribution in [0.3, 0.4) is 0 Å². The Bertz CT molecular complexity index is 830. The van der Waals surface area contributed by atoms with E-state index in [1.165, 1.54) is 16.9 Å². The molecule has 26 heavy (non-hydrogen) atoms. The lowest BCUT2D eigenvalue weighted by molar-refractivity contribution is -0.148. The Labute approximate surface area is 156 Å². The predicted octanol–water partition coefficient (Wildman–Crippen LogP) is 4.06. The van der Waals surface area contributed by atoms with Crippen LogP contribution in [0.5, 0.6) is 0 Å². The molecule has 2 aliphatic rings. The molecule has 1 aromatic carbocycles. The van der Waals surface area contributed by atoms with Gasteiger partial charge in [0.15, 0.2) is 5.13 Å². The minimum absolute atomic E-state index is 0.150. The summed E-state index contributed by atoms with van der Waals surface area (Å²) >= 11 is 1.38. The molecule has 4 atom stereocenters. The number of carbonyl (C=O) groups excluding carboxylic acids is 1. The van der Waals surface area contributed by atoms with E-state index in [0.29, 0.717) is 5.13 Å². The average Bonchev–Trinajstić information content (AvgIpc) is 3.37. The van der Waals surface area contributed by atoms with Crippen molar-refractivity contribution in [3.05, 3.63) is 35.2 Å². The SMILES string of the molecule is CCc1ccc(-c2csc(NC(=O)[C@H]3[C@H]4CC[C@@H](C4)[C@H]3C(=O)O)n2)cc1. The highest BCUT2D eigenvalue weighted by molar-refractivity contribution is 7.14. The number of aryl methyl sites for hydroxylation is 1. The Morgan fingerprint density at radius 1 is 1.19 bits per heavy atom. The number of nitrogens with one attached hydrogen (secondary N) is 1. The molecule has 2 fully saturated rings. The zero-order chi connectivity index (χ0) is 18.3. The van der Waals surface area contributed by atoms with Gasteiger partial charge in [-0.05, 0) is 43.1 Å². The van der Waals surface area contributed by atoms with Gasteiger partial charge in [0.2, 0.25) is 5.91 Å². The Hall–Kier alpha value is -2.21. The fourth-order valence-electron chi connectivity index (χ4n) is 4.59. The summed E-state index contributed by atoms with van der Waals surface area (Å²) < 4.78 is 0. The van der Waals surface area contributed by atoms with E-state index in [1.807, 2.05) is 17.5 Å². The average molecular weight is 370 g/mol. The monoisotopic (exact) mass is 370 g/mol. The maximum atomic E-state index is 12.7. The number of hydrogen-bond donors (Lipinski definition) is 2. The number of hydrogen-bond acceptors (Lipinski definition) is 4. The number of benzene rings is 1. The van der Waals surface area contributed by atoms with Crippen LogP contribution in [0.1, 0.15) is 31.7 Å². The standard InChI is InChI=1S/C20H22N2O3S/c1-2-11-3-5-12(6-4-11)15-10-26-20(21-15)22-18(23)16-13-7-8-14(9-13)17(16)19(24)25/h3-6,10,13-14,16-17H,2,7-9H2,1H3,(H,24,25)(H,21,22,23)/t13-,14-,16-,17+/m0/s1. The van der Waals surface area contributed by atoms with Gasteiger partial charge in [0.05, 0.1) is 17.5 Å². The minimum atomic E-state index is -0.840. The molecule has 4 rings (SSSR count). The summed E-state index contributed by atoms with van der Waals surface area (Å²) in [6.45, 7) is 2.12. The van der Waals surface area contributed by atoms with E-state index in [9.17, 15) is 14.7 Å². The normalized spacial score (nSPS) is 26.8. The van der Waals surface area contributed by atoms with Crippen molar-refractivity contribution >= 4 is 28.3 Å². The fraction of sp³-hybridized carbons (Fsp3) is 0.450. The number of thiazole rings is 1. The van der Waals surface area contributed by atoms with E-state index >= 15 is 0 Å². The molecule has 1 aromatic heterocycles. The van der Waals surface area contributed by atoms with E-state index in [0.717, 1.165) is 36.9 Å². The third-order valence-corrected chi connectivity index (χ3v) is 6.65. The van der Waals surface area contributed by atoms with Crippen LogP contribution in [0.15, 0.2) is 29.6 Å². The maximum Gasteiger partial charge on any atom is 0.307 e. The number of aliphatic carboxylic acids is 1. The molecule has 0 spiro atoms. The molecular weight excluding hydrogens is 348 g/mol. The van der Waals surface area contributed by atoms with Crippen molar-refractivity contribution in [2.24, 2.45) is 23.7 Å². The molecule has 2 saturated carbocycles. The molecule has 2 bridgehead atoms. The van der Waals surface area contributed by atoms with Crippen LogP contribution in [0, 0.1) is 23.7 Å². The van der Waals surface area contributed by atoms with E-state index in [1.54, 1.807) is 0 Å². The van der Waals surface area contributed by atoms with Crippen LogP contribution < -0.4 is 5.32 Å². The summed E-state index contributed by atoms with van der Waals surface area (Å²) in [4.78, 5) is 28.9. The first kappa shape index (κ1) is 17.2. The summed E-state index contributed by atoms with van der Waals surface area (Å²) in [7, 11) is 0. The number of anilines is 1. The quantitative estimate of drug-likeness (QED) is 0.832. The van der Waals surface area contributed by atoms with Gasteiger partial charge in [0.1, 0.15) is 0 Å². The van der Waals surface area contributed by atoms with Crippen molar-refractivity contribution in [2.75, 3.05) is 5.32 Å². The first-order valence-electron chi connectivity index (χ1n) is 9.15. The van der Waals surface area contributed by atoms with Gasteiger partial charge < -0.3 is 10.4 Å². The molecule has 0 unspecified atom stereocenters. The van der Waals surface area contributed by atoms with Crippen molar-refractivity contribution in [1.82, 2.24) is 4.98 Å². The van der Waals surface area contributed by atoms with Crippen molar-refractivity contribution in [2.45, 2.75) is 32.6 Å². The third-order valence-electron chi connectivity index (χ3n) is 5.90. The number of carbonyl (C=O) groups is 2. The lowest BCUT2D eigenvalue weighted by Gasteiger charge is -2.26. The Morgan fingerprint density at radius 3 is 2.54 bits per heavy atom. The van der Waals surface area contributed by atoms with Gasteiger partial charge in [-0.1, -0.05) is 31.2 Å².